The fourth-order valence-corrected chi connectivity index (χ4v) is 2.18. The van der Waals surface area contributed by atoms with Gasteiger partial charge in [0.15, 0.2) is 5.83 Å². The second-order valence-electron chi connectivity index (χ2n) is 4.47. The monoisotopic (exact) mass is 284 g/mol. The summed E-state index contributed by atoms with van der Waals surface area (Å²) in [7, 11) is 0. The van der Waals surface area contributed by atoms with Crippen LogP contribution in [-0.2, 0) is 4.79 Å². The lowest BCUT2D eigenvalue weighted by Gasteiger charge is -1.98. The van der Waals surface area contributed by atoms with E-state index in [-0.39, 0.29) is 11.6 Å². The van der Waals surface area contributed by atoms with Crippen LogP contribution in [0.15, 0.2) is 58.8 Å². The van der Waals surface area contributed by atoms with Crippen LogP contribution in [0.3, 0.4) is 0 Å². The summed E-state index contributed by atoms with van der Waals surface area (Å²) in [6.07, 6.45) is 0.250. The molecule has 1 aromatic heterocycles. The zero-order chi connectivity index (χ0) is 15.0. The van der Waals surface area contributed by atoms with E-state index in [1.54, 1.807) is 12.1 Å². The number of fused-ring (bicyclic) bond motifs is 3. The van der Waals surface area contributed by atoms with E-state index in [9.17, 15) is 14.0 Å². The van der Waals surface area contributed by atoms with E-state index < -0.39 is 17.6 Å². The maximum Gasteiger partial charge on any atom is 0.331 e. The number of rotatable bonds is 3. The minimum atomic E-state index is -1.50. The van der Waals surface area contributed by atoms with Gasteiger partial charge in [0.2, 0.25) is 5.78 Å². The van der Waals surface area contributed by atoms with E-state index in [1.165, 1.54) is 12.1 Å². The van der Waals surface area contributed by atoms with Gasteiger partial charge in [-0.3, -0.25) is 4.79 Å². The lowest BCUT2D eigenvalue weighted by atomic mass is 10.1. The second-order valence-corrected chi connectivity index (χ2v) is 4.47. The number of carboxylic acids is 1. The third-order valence-corrected chi connectivity index (χ3v) is 3.11. The van der Waals surface area contributed by atoms with Crippen molar-refractivity contribution in [2.75, 3.05) is 0 Å². The molecule has 0 bridgehead atoms. The van der Waals surface area contributed by atoms with Crippen LogP contribution in [0.1, 0.15) is 10.4 Å². The molecule has 0 amide bonds. The Labute approximate surface area is 118 Å². The number of hydrogen-bond acceptors (Lipinski definition) is 3. The van der Waals surface area contributed by atoms with E-state index in [1.807, 2.05) is 18.2 Å². The van der Waals surface area contributed by atoms with Crippen LogP contribution in [-0.4, -0.2) is 16.9 Å². The van der Waals surface area contributed by atoms with Crippen molar-refractivity contribution in [2.24, 2.45) is 0 Å². The Morgan fingerprint density at radius 1 is 1.05 bits per heavy atom. The summed E-state index contributed by atoms with van der Waals surface area (Å²) in [5.41, 5.74) is 1.32. The number of carbonyl (C=O) groups is 2. The highest BCUT2D eigenvalue weighted by Crippen LogP contribution is 2.29. The molecular weight excluding hydrogens is 275 g/mol. The predicted molar refractivity (Wildman–Crippen MR) is 74.9 cm³/mol. The van der Waals surface area contributed by atoms with E-state index >= 15 is 0 Å². The van der Waals surface area contributed by atoms with Crippen LogP contribution in [0.4, 0.5) is 4.39 Å². The number of hydrogen-bond donors (Lipinski definition) is 1. The van der Waals surface area contributed by atoms with E-state index in [2.05, 4.69) is 0 Å². The summed E-state index contributed by atoms with van der Waals surface area (Å²) in [4.78, 5) is 22.3. The first-order valence-corrected chi connectivity index (χ1v) is 6.12. The van der Waals surface area contributed by atoms with Gasteiger partial charge < -0.3 is 9.52 Å². The lowest BCUT2D eigenvalue weighted by Crippen LogP contribution is -2.02. The summed E-state index contributed by atoms with van der Waals surface area (Å²) in [6.45, 7) is 0. The molecule has 1 N–H and O–H groups in total. The Balaban J connectivity index is 2.14. The Hall–Kier alpha value is -2.95. The molecule has 0 unspecified atom stereocenters. The van der Waals surface area contributed by atoms with Crippen molar-refractivity contribution in [1.82, 2.24) is 0 Å². The van der Waals surface area contributed by atoms with Crippen molar-refractivity contribution in [3.8, 4) is 0 Å². The number of carbonyl (C=O) groups excluding carboxylic acids is 1. The summed E-state index contributed by atoms with van der Waals surface area (Å²) in [6, 6.07) is 11.8. The fourth-order valence-electron chi connectivity index (χ4n) is 2.18. The average molecular weight is 284 g/mol. The molecule has 0 atom stereocenters. The van der Waals surface area contributed by atoms with Crippen LogP contribution in [0.25, 0.3) is 21.9 Å². The number of Topliss-reactive ketones (excluding diaryl/α,β-unsaturated/α-hetero) is 1. The molecule has 104 valence electrons. The van der Waals surface area contributed by atoms with Gasteiger partial charge in [0.25, 0.3) is 0 Å². The Kier molecular flexibility index (Phi) is 3.02. The Morgan fingerprint density at radius 2 is 1.76 bits per heavy atom. The van der Waals surface area contributed by atoms with Crippen LogP contribution < -0.4 is 0 Å². The molecule has 0 aliphatic carbocycles. The number of benzene rings is 2. The molecule has 0 aliphatic rings. The van der Waals surface area contributed by atoms with E-state index in [0.29, 0.717) is 16.6 Å². The molecule has 0 fully saturated rings. The summed E-state index contributed by atoms with van der Waals surface area (Å²) in [5, 5.41) is 9.97. The first kappa shape index (κ1) is 13.1. The van der Waals surface area contributed by atoms with Crippen LogP contribution in [0.5, 0.6) is 0 Å². The number of carboxylic acid groups (broad SMARTS) is 1. The third-order valence-electron chi connectivity index (χ3n) is 3.11. The molecular formula is C16H9FO4. The summed E-state index contributed by atoms with van der Waals surface area (Å²) >= 11 is 0. The zero-order valence-corrected chi connectivity index (χ0v) is 10.7. The van der Waals surface area contributed by atoms with Gasteiger partial charge in [0, 0.05) is 16.3 Å². The zero-order valence-electron chi connectivity index (χ0n) is 10.7. The SMILES string of the molecule is O=C(O)C=C(F)C(=O)c1ccc2oc3ccccc3c2c1. The number of furan rings is 1. The van der Waals surface area contributed by atoms with Crippen molar-refractivity contribution in [3.63, 3.8) is 0 Å². The summed E-state index contributed by atoms with van der Waals surface area (Å²) < 4.78 is 19.1. The highest BCUT2D eigenvalue weighted by molar-refractivity contribution is 6.13. The van der Waals surface area contributed by atoms with Crippen molar-refractivity contribution >= 4 is 33.7 Å². The van der Waals surface area contributed by atoms with Gasteiger partial charge in [-0.25, -0.2) is 9.18 Å². The lowest BCUT2D eigenvalue weighted by molar-refractivity contribution is -0.131. The van der Waals surface area contributed by atoms with Crippen molar-refractivity contribution < 1.29 is 23.5 Å². The quantitative estimate of drug-likeness (QED) is 0.588. The van der Waals surface area contributed by atoms with Gasteiger partial charge in [-0.1, -0.05) is 18.2 Å². The third kappa shape index (κ3) is 2.29. The molecule has 0 saturated carbocycles. The van der Waals surface area contributed by atoms with Gasteiger partial charge in [-0.2, -0.15) is 0 Å². The topological polar surface area (TPSA) is 67.5 Å². The molecule has 0 saturated heterocycles. The van der Waals surface area contributed by atoms with E-state index in [0.717, 1.165) is 5.39 Å². The smallest absolute Gasteiger partial charge is 0.331 e. The van der Waals surface area contributed by atoms with Crippen LogP contribution in [0, 0.1) is 0 Å². The van der Waals surface area contributed by atoms with Gasteiger partial charge >= 0.3 is 5.97 Å². The average Bonchev–Trinajstić information content (AvgIpc) is 2.83. The molecule has 2 aromatic carbocycles. The predicted octanol–water partition coefficient (Wildman–Crippen LogP) is 3.71. The standard InChI is InChI=1S/C16H9FO4/c17-12(8-15(18)19)16(20)9-5-6-14-11(7-9)10-3-1-2-4-13(10)21-14/h1-8H,(H,18,19). The first-order chi connectivity index (χ1) is 10.1. The maximum atomic E-state index is 13.5. The molecule has 0 radical (unpaired) electrons. The van der Waals surface area contributed by atoms with Crippen molar-refractivity contribution in [3.05, 3.63) is 59.9 Å². The number of para-hydroxylation sites is 1. The molecule has 21 heavy (non-hydrogen) atoms. The molecule has 3 rings (SSSR count). The fraction of sp³-hybridized carbons (Fsp3) is 0. The minimum Gasteiger partial charge on any atom is -0.478 e. The minimum absolute atomic E-state index is 0.0732. The van der Waals surface area contributed by atoms with Gasteiger partial charge in [-0.15, -0.1) is 0 Å². The molecule has 4 nitrogen and oxygen atoms in total. The first-order valence-electron chi connectivity index (χ1n) is 6.12. The van der Waals surface area contributed by atoms with Gasteiger partial charge in [0.05, 0.1) is 6.08 Å². The maximum absolute atomic E-state index is 13.5. The molecule has 1 heterocycles. The highest BCUT2D eigenvalue weighted by atomic mass is 19.1. The highest BCUT2D eigenvalue weighted by Gasteiger charge is 2.15. The largest absolute Gasteiger partial charge is 0.478 e. The Morgan fingerprint density at radius 3 is 2.52 bits per heavy atom. The number of allylic oxidation sites excluding steroid dienone is 1. The van der Waals surface area contributed by atoms with Crippen molar-refractivity contribution in [2.45, 2.75) is 0 Å². The number of aliphatic carboxylic acids is 1. The van der Waals surface area contributed by atoms with E-state index in [4.69, 9.17) is 9.52 Å². The molecule has 0 spiro atoms. The summed E-state index contributed by atoms with van der Waals surface area (Å²) in [5.74, 6) is -3.78. The Bertz CT molecular complexity index is 905. The van der Waals surface area contributed by atoms with Gasteiger partial charge in [-0.05, 0) is 24.3 Å². The molecule has 3 aromatic rings. The van der Waals surface area contributed by atoms with Gasteiger partial charge in [0.1, 0.15) is 11.2 Å². The van der Waals surface area contributed by atoms with Crippen LogP contribution >= 0.6 is 0 Å². The molecule has 0 aliphatic heterocycles. The van der Waals surface area contributed by atoms with Crippen molar-refractivity contribution in [1.29, 1.82) is 0 Å². The number of ketones is 1. The molecule has 5 heteroatoms. The second kappa shape index (κ2) is 4.86. The number of halogens is 1. The van der Waals surface area contributed by atoms with Crippen LogP contribution in [0.2, 0.25) is 0 Å². The normalized spacial score (nSPS) is 12.0.